The topological polar surface area (TPSA) is 119 Å². The fourth-order valence-electron chi connectivity index (χ4n) is 3.99. The zero-order valence-corrected chi connectivity index (χ0v) is 22.3. The highest BCUT2D eigenvalue weighted by Crippen LogP contribution is 2.34. The number of ether oxygens (including phenoxy) is 1. The summed E-state index contributed by atoms with van der Waals surface area (Å²) in [6.07, 6.45) is 6.92. The van der Waals surface area contributed by atoms with Crippen molar-refractivity contribution in [2.75, 3.05) is 11.9 Å². The van der Waals surface area contributed by atoms with Crippen LogP contribution in [0.1, 0.15) is 20.3 Å². The van der Waals surface area contributed by atoms with Gasteiger partial charge in [0.05, 0.1) is 28.8 Å². The quantitative estimate of drug-likeness (QED) is 0.235. The summed E-state index contributed by atoms with van der Waals surface area (Å²) in [6.45, 7) is 4.11. The molecule has 0 fully saturated rings. The summed E-state index contributed by atoms with van der Waals surface area (Å²) in [5.41, 5.74) is 2.07. The molecule has 0 radical (unpaired) electrons. The first-order valence-electron chi connectivity index (χ1n) is 11.7. The second-order valence-electron chi connectivity index (χ2n) is 9.22. The van der Waals surface area contributed by atoms with E-state index in [1.54, 1.807) is 36.7 Å². The Morgan fingerprint density at radius 3 is 2.76 bits per heavy atom. The molecule has 10 nitrogen and oxygen atoms in total. The molecule has 12 heteroatoms. The standard InChI is InChI=1S/C26H26ClN7O3.ClH/c1-26(2,36)14-23(35)28-9-12-33-11-8-19-24(33)25(30-16-29-19)32-17-6-7-21(18(27)13-17)37-22-15-31-34-10-4-3-5-20(22)34;/h3-8,10-11,13,15-16,36H,9,12,14H2,1-2H3,(H,28,35)(H,29,30,32);1H. The number of aliphatic hydroxyl groups is 1. The van der Waals surface area contributed by atoms with E-state index in [0.29, 0.717) is 35.4 Å². The summed E-state index contributed by atoms with van der Waals surface area (Å²) in [5, 5.41) is 20.7. The molecule has 0 spiro atoms. The predicted octanol–water partition coefficient (Wildman–Crippen LogP) is 4.97. The van der Waals surface area contributed by atoms with Crippen molar-refractivity contribution in [3.05, 3.63) is 72.4 Å². The van der Waals surface area contributed by atoms with Crippen LogP contribution in [0.3, 0.4) is 0 Å². The van der Waals surface area contributed by atoms with E-state index < -0.39 is 5.60 Å². The number of benzene rings is 1. The summed E-state index contributed by atoms with van der Waals surface area (Å²) in [4.78, 5) is 20.8. The normalized spacial score (nSPS) is 11.4. The molecule has 0 saturated carbocycles. The Labute approximate surface area is 230 Å². The first kappa shape index (κ1) is 27.2. The number of carbonyl (C=O) groups is 1. The van der Waals surface area contributed by atoms with Crippen LogP contribution in [0.25, 0.3) is 16.6 Å². The number of amides is 1. The average Bonchev–Trinajstić information content (AvgIpc) is 3.45. The molecule has 38 heavy (non-hydrogen) atoms. The Morgan fingerprint density at radius 1 is 1.13 bits per heavy atom. The minimum atomic E-state index is -1.05. The molecule has 0 atom stereocenters. The van der Waals surface area contributed by atoms with Crippen molar-refractivity contribution < 1.29 is 14.6 Å². The molecule has 0 bridgehead atoms. The minimum Gasteiger partial charge on any atom is -0.452 e. The molecule has 0 saturated heterocycles. The number of fused-ring (bicyclic) bond motifs is 2. The molecule has 1 amide bonds. The van der Waals surface area contributed by atoms with E-state index >= 15 is 0 Å². The molecule has 4 aromatic heterocycles. The van der Waals surface area contributed by atoms with Gasteiger partial charge in [0.1, 0.15) is 23.1 Å². The number of hydrogen-bond acceptors (Lipinski definition) is 7. The van der Waals surface area contributed by atoms with Gasteiger partial charge in [-0.15, -0.1) is 12.4 Å². The fourth-order valence-corrected chi connectivity index (χ4v) is 4.21. The van der Waals surface area contributed by atoms with Crippen LogP contribution in [0.15, 0.2) is 67.4 Å². The SMILES string of the molecule is CC(C)(O)CC(=O)NCCn1ccc2ncnc(Nc3ccc(Oc4cnn5ccccc45)c(Cl)c3)c21.Cl. The van der Waals surface area contributed by atoms with Crippen molar-refractivity contribution in [1.82, 2.24) is 29.5 Å². The van der Waals surface area contributed by atoms with Crippen LogP contribution in [0.4, 0.5) is 11.5 Å². The zero-order chi connectivity index (χ0) is 26.0. The van der Waals surface area contributed by atoms with E-state index in [1.807, 2.05) is 47.3 Å². The van der Waals surface area contributed by atoms with Gasteiger partial charge in [0.2, 0.25) is 5.91 Å². The maximum Gasteiger partial charge on any atom is 0.222 e. The lowest BCUT2D eigenvalue weighted by Crippen LogP contribution is -2.33. The number of nitrogens with one attached hydrogen (secondary N) is 2. The molecular weight excluding hydrogens is 529 g/mol. The highest BCUT2D eigenvalue weighted by atomic mass is 35.5. The molecular formula is C26H27Cl2N7O3. The molecule has 0 aliphatic heterocycles. The molecule has 3 N–H and O–H groups in total. The maximum atomic E-state index is 12.0. The highest BCUT2D eigenvalue weighted by molar-refractivity contribution is 6.32. The number of rotatable bonds is 9. The van der Waals surface area contributed by atoms with Gasteiger partial charge in [-0.2, -0.15) is 5.10 Å². The van der Waals surface area contributed by atoms with Gasteiger partial charge in [-0.3, -0.25) is 4.79 Å². The smallest absolute Gasteiger partial charge is 0.222 e. The van der Waals surface area contributed by atoms with E-state index in [2.05, 4.69) is 25.7 Å². The van der Waals surface area contributed by atoms with Crippen LogP contribution in [-0.2, 0) is 11.3 Å². The van der Waals surface area contributed by atoms with Crippen LogP contribution in [0, 0.1) is 0 Å². The number of hydrogen-bond donors (Lipinski definition) is 3. The monoisotopic (exact) mass is 555 g/mol. The van der Waals surface area contributed by atoms with Crippen molar-refractivity contribution in [3.8, 4) is 11.5 Å². The molecule has 198 valence electrons. The number of pyridine rings is 1. The van der Waals surface area contributed by atoms with Crippen molar-refractivity contribution >= 4 is 58.0 Å². The average molecular weight is 556 g/mol. The lowest BCUT2D eigenvalue weighted by molar-refractivity contribution is -0.124. The van der Waals surface area contributed by atoms with E-state index in [4.69, 9.17) is 16.3 Å². The third-order valence-corrected chi connectivity index (χ3v) is 5.92. The van der Waals surface area contributed by atoms with Crippen molar-refractivity contribution in [2.24, 2.45) is 0 Å². The van der Waals surface area contributed by atoms with E-state index in [9.17, 15) is 9.90 Å². The Kier molecular flexibility index (Phi) is 8.05. The molecule has 5 aromatic rings. The van der Waals surface area contributed by atoms with Gasteiger partial charge in [0, 0.05) is 31.2 Å². The number of nitrogens with zero attached hydrogens (tertiary/aromatic N) is 5. The number of halogens is 2. The van der Waals surface area contributed by atoms with E-state index in [0.717, 1.165) is 22.2 Å². The minimum absolute atomic E-state index is 0. The second-order valence-corrected chi connectivity index (χ2v) is 9.62. The predicted molar refractivity (Wildman–Crippen MR) is 149 cm³/mol. The van der Waals surface area contributed by atoms with Crippen LogP contribution in [0.5, 0.6) is 11.5 Å². The van der Waals surface area contributed by atoms with Crippen LogP contribution < -0.4 is 15.4 Å². The Bertz CT molecular complexity index is 1580. The van der Waals surface area contributed by atoms with Gasteiger partial charge in [0.25, 0.3) is 0 Å². The van der Waals surface area contributed by atoms with Gasteiger partial charge in [-0.1, -0.05) is 17.7 Å². The van der Waals surface area contributed by atoms with E-state index in [-0.39, 0.29) is 24.7 Å². The summed E-state index contributed by atoms with van der Waals surface area (Å²) in [6, 6.07) is 13.0. The van der Waals surface area contributed by atoms with E-state index in [1.165, 1.54) is 6.33 Å². The third-order valence-electron chi connectivity index (χ3n) is 5.62. The molecule has 0 aliphatic rings. The zero-order valence-electron chi connectivity index (χ0n) is 20.8. The first-order valence-corrected chi connectivity index (χ1v) is 12.1. The summed E-state index contributed by atoms with van der Waals surface area (Å²) in [5.74, 6) is 1.50. The number of aromatic nitrogens is 5. The van der Waals surface area contributed by atoms with Crippen LogP contribution >= 0.6 is 24.0 Å². The van der Waals surface area contributed by atoms with Crippen molar-refractivity contribution in [2.45, 2.75) is 32.4 Å². The molecule has 1 aromatic carbocycles. The fraction of sp³-hybridized carbons (Fsp3) is 0.231. The molecule has 5 rings (SSSR count). The van der Waals surface area contributed by atoms with Crippen LogP contribution in [0.2, 0.25) is 5.02 Å². The Balaban J connectivity index is 0.00000336. The largest absolute Gasteiger partial charge is 0.452 e. The third kappa shape index (κ3) is 6.16. The van der Waals surface area contributed by atoms with Gasteiger partial charge in [0.15, 0.2) is 11.6 Å². The molecule has 0 aliphatic carbocycles. The number of anilines is 2. The van der Waals surface area contributed by atoms with Gasteiger partial charge in [-0.05, 0) is 50.2 Å². The first-order chi connectivity index (χ1) is 17.8. The molecule has 4 heterocycles. The lowest BCUT2D eigenvalue weighted by atomic mass is 10.1. The van der Waals surface area contributed by atoms with Crippen molar-refractivity contribution in [3.63, 3.8) is 0 Å². The summed E-state index contributed by atoms with van der Waals surface area (Å²) >= 11 is 6.55. The van der Waals surface area contributed by atoms with Crippen LogP contribution in [-0.4, -0.2) is 47.3 Å². The van der Waals surface area contributed by atoms with Crippen molar-refractivity contribution in [1.29, 1.82) is 0 Å². The second kappa shape index (κ2) is 11.3. The Hall–Kier alpha value is -3.86. The maximum absolute atomic E-state index is 12.0. The number of carbonyl (C=O) groups excluding carboxylic acids is 1. The van der Waals surface area contributed by atoms with Gasteiger partial charge >= 0.3 is 0 Å². The van der Waals surface area contributed by atoms with Gasteiger partial charge < -0.3 is 25.0 Å². The lowest BCUT2D eigenvalue weighted by Gasteiger charge is -2.16. The van der Waals surface area contributed by atoms with Gasteiger partial charge in [-0.25, -0.2) is 14.5 Å². The Morgan fingerprint density at radius 2 is 1.97 bits per heavy atom. The molecule has 0 unspecified atom stereocenters. The summed E-state index contributed by atoms with van der Waals surface area (Å²) in [7, 11) is 0. The summed E-state index contributed by atoms with van der Waals surface area (Å²) < 4.78 is 9.71. The highest BCUT2D eigenvalue weighted by Gasteiger charge is 2.18.